The molecule has 0 bridgehead atoms. The number of sulfone groups is 1. The minimum atomic E-state index is -3.12. The molecular weight excluding hydrogens is 242 g/mol. The van der Waals surface area contributed by atoms with Crippen molar-refractivity contribution in [3.8, 4) is 0 Å². The van der Waals surface area contributed by atoms with E-state index in [1.807, 2.05) is 0 Å². The number of hydrogen-bond donors (Lipinski definition) is 1. The highest BCUT2D eigenvalue weighted by molar-refractivity contribution is 7.91. The van der Waals surface area contributed by atoms with Crippen LogP contribution in [0.5, 0.6) is 0 Å². The van der Waals surface area contributed by atoms with E-state index in [1.54, 1.807) is 19.1 Å². The highest BCUT2D eigenvalue weighted by Gasteiger charge is 2.20. The fourth-order valence-corrected chi connectivity index (χ4v) is 3.60. The quantitative estimate of drug-likeness (QED) is 0.888. The van der Waals surface area contributed by atoms with Crippen molar-refractivity contribution in [2.75, 3.05) is 6.54 Å². The molecule has 0 saturated carbocycles. The van der Waals surface area contributed by atoms with Gasteiger partial charge in [0.25, 0.3) is 0 Å². The summed E-state index contributed by atoms with van der Waals surface area (Å²) in [7, 11) is -3.12. The molecule has 0 amide bonds. The first kappa shape index (κ1) is 12.0. The van der Waals surface area contributed by atoms with Crippen molar-refractivity contribution in [2.45, 2.75) is 17.9 Å². The summed E-state index contributed by atoms with van der Waals surface area (Å²) in [5.41, 5.74) is 5.32. The molecule has 2 N–H and O–H groups in total. The maximum atomic E-state index is 11.6. The predicted molar refractivity (Wildman–Crippen MR) is 60.5 cm³/mol. The van der Waals surface area contributed by atoms with E-state index in [0.29, 0.717) is 4.34 Å². The van der Waals surface area contributed by atoms with Gasteiger partial charge in [-0.15, -0.1) is 11.3 Å². The molecule has 0 aliphatic heterocycles. The number of hydrogen-bond acceptors (Lipinski definition) is 4. The van der Waals surface area contributed by atoms with E-state index < -0.39 is 15.1 Å². The molecule has 1 aromatic heterocycles. The van der Waals surface area contributed by atoms with Gasteiger partial charge in [-0.25, -0.2) is 8.42 Å². The lowest BCUT2D eigenvalue weighted by Crippen LogP contribution is -2.27. The molecule has 0 saturated heterocycles. The highest BCUT2D eigenvalue weighted by Crippen LogP contribution is 2.24. The average molecular weight is 254 g/mol. The molecule has 0 aromatic carbocycles. The molecule has 14 heavy (non-hydrogen) atoms. The molecule has 0 spiro atoms. The van der Waals surface area contributed by atoms with Crippen LogP contribution in [0.1, 0.15) is 11.8 Å². The summed E-state index contributed by atoms with van der Waals surface area (Å²) < 4.78 is 23.9. The smallest absolute Gasteiger partial charge is 0.159 e. The Labute approximate surface area is 92.8 Å². The minimum absolute atomic E-state index is 0.0305. The Morgan fingerprint density at radius 2 is 2.21 bits per heavy atom. The fourth-order valence-electron chi connectivity index (χ4n) is 0.916. The Hall–Kier alpha value is -0.100. The second-order valence-electron chi connectivity index (χ2n) is 3.06. The molecule has 1 unspecified atom stereocenters. The second kappa shape index (κ2) is 4.61. The van der Waals surface area contributed by atoms with E-state index in [9.17, 15) is 8.42 Å². The first-order valence-electron chi connectivity index (χ1n) is 4.11. The van der Waals surface area contributed by atoms with E-state index in [1.165, 1.54) is 11.3 Å². The number of halogens is 1. The van der Waals surface area contributed by atoms with Crippen LogP contribution >= 0.6 is 22.9 Å². The molecule has 1 aromatic rings. The summed E-state index contributed by atoms with van der Waals surface area (Å²) in [5.74, 6) is 0.0305. The van der Waals surface area contributed by atoms with Gasteiger partial charge in [0.05, 0.1) is 15.3 Å². The van der Waals surface area contributed by atoms with Crippen LogP contribution in [0.3, 0.4) is 0 Å². The van der Waals surface area contributed by atoms with Gasteiger partial charge in [0.1, 0.15) is 0 Å². The van der Waals surface area contributed by atoms with Crippen LogP contribution < -0.4 is 5.73 Å². The van der Waals surface area contributed by atoms with Crippen LogP contribution in [0.15, 0.2) is 12.1 Å². The van der Waals surface area contributed by atoms with Crippen molar-refractivity contribution >= 4 is 32.8 Å². The molecule has 0 radical (unpaired) electrons. The summed E-state index contributed by atoms with van der Waals surface area (Å²) in [5, 5.41) is -0.497. The molecule has 0 fully saturated rings. The summed E-state index contributed by atoms with van der Waals surface area (Å²) >= 11 is 6.99. The van der Waals surface area contributed by atoms with Crippen LogP contribution in [0, 0.1) is 0 Å². The molecule has 80 valence electrons. The Morgan fingerprint density at radius 1 is 1.57 bits per heavy atom. The van der Waals surface area contributed by atoms with Crippen molar-refractivity contribution in [3.05, 3.63) is 21.3 Å². The zero-order valence-corrected chi connectivity index (χ0v) is 10.1. The molecule has 0 aliphatic rings. The van der Waals surface area contributed by atoms with Crippen molar-refractivity contribution in [3.63, 3.8) is 0 Å². The summed E-state index contributed by atoms with van der Waals surface area (Å²) in [4.78, 5) is 0.760. The molecule has 1 rings (SSSR count). The summed E-state index contributed by atoms with van der Waals surface area (Å²) in [6.45, 7) is 1.77. The van der Waals surface area contributed by atoms with Gasteiger partial charge in [-0.2, -0.15) is 0 Å². The lowest BCUT2D eigenvalue weighted by molar-refractivity contribution is 0.583. The molecular formula is C8H12ClNO2S2. The van der Waals surface area contributed by atoms with E-state index >= 15 is 0 Å². The predicted octanol–water partition coefficient (Wildman–Crippen LogP) is 1.66. The normalized spacial score (nSPS) is 14.2. The highest BCUT2D eigenvalue weighted by atomic mass is 35.5. The van der Waals surface area contributed by atoms with Crippen molar-refractivity contribution in [1.29, 1.82) is 0 Å². The zero-order chi connectivity index (χ0) is 10.8. The van der Waals surface area contributed by atoms with E-state index in [0.717, 1.165) is 4.88 Å². The van der Waals surface area contributed by atoms with Gasteiger partial charge in [0.15, 0.2) is 9.84 Å². The minimum Gasteiger partial charge on any atom is -0.329 e. The van der Waals surface area contributed by atoms with Gasteiger partial charge in [-0.05, 0) is 19.1 Å². The number of thiophene rings is 1. The summed E-state index contributed by atoms with van der Waals surface area (Å²) in [6.07, 6.45) is 0. The summed E-state index contributed by atoms with van der Waals surface area (Å²) in [6, 6.07) is 3.43. The van der Waals surface area contributed by atoms with Crippen LogP contribution in [0.2, 0.25) is 4.34 Å². The van der Waals surface area contributed by atoms with Gasteiger partial charge in [-0.1, -0.05) is 11.6 Å². The third-order valence-corrected chi connectivity index (χ3v) is 5.46. The first-order valence-corrected chi connectivity index (χ1v) is 7.02. The fraction of sp³-hybridized carbons (Fsp3) is 0.500. The maximum absolute atomic E-state index is 11.6. The monoisotopic (exact) mass is 253 g/mol. The third kappa shape index (κ3) is 2.95. The Bertz CT molecular complexity index is 399. The lowest BCUT2D eigenvalue weighted by atomic mass is 10.5. The SMILES string of the molecule is CC(CN)S(=O)(=O)Cc1ccc(Cl)s1. The lowest BCUT2D eigenvalue weighted by Gasteiger charge is -2.08. The Kier molecular flexibility index (Phi) is 3.94. The Morgan fingerprint density at radius 3 is 2.64 bits per heavy atom. The standard InChI is InChI=1S/C8H12ClNO2S2/c1-6(4-10)14(11,12)5-7-2-3-8(9)13-7/h2-3,6H,4-5,10H2,1H3. The topological polar surface area (TPSA) is 60.2 Å². The molecule has 0 aliphatic carbocycles. The van der Waals surface area contributed by atoms with Gasteiger partial charge in [0.2, 0.25) is 0 Å². The van der Waals surface area contributed by atoms with Crippen molar-refractivity contribution in [1.82, 2.24) is 0 Å². The van der Waals surface area contributed by atoms with Gasteiger partial charge >= 0.3 is 0 Å². The maximum Gasteiger partial charge on any atom is 0.159 e. The van der Waals surface area contributed by atoms with Gasteiger partial charge in [-0.3, -0.25) is 0 Å². The van der Waals surface area contributed by atoms with Crippen LogP contribution in [-0.4, -0.2) is 20.2 Å². The zero-order valence-electron chi connectivity index (χ0n) is 7.73. The molecule has 6 heteroatoms. The third-order valence-electron chi connectivity index (χ3n) is 1.92. The van der Waals surface area contributed by atoms with E-state index in [2.05, 4.69) is 0 Å². The molecule has 3 nitrogen and oxygen atoms in total. The number of nitrogens with two attached hydrogens (primary N) is 1. The van der Waals surface area contributed by atoms with E-state index in [-0.39, 0.29) is 12.3 Å². The molecule has 1 atom stereocenters. The second-order valence-corrected chi connectivity index (χ2v) is 7.28. The van der Waals surface area contributed by atoms with Crippen molar-refractivity contribution < 1.29 is 8.42 Å². The largest absolute Gasteiger partial charge is 0.329 e. The van der Waals surface area contributed by atoms with Gasteiger partial charge < -0.3 is 5.73 Å². The van der Waals surface area contributed by atoms with Crippen molar-refractivity contribution in [2.24, 2.45) is 5.73 Å². The van der Waals surface area contributed by atoms with Crippen LogP contribution in [0.4, 0.5) is 0 Å². The van der Waals surface area contributed by atoms with E-state index in [4.69, 9.17) is 17.3 Å². The first-order chi connectivity index (χ1) is 6.45. The Balaban J connectivity index is 2.78. The van der Waals surface area contributed by atoms with Gasteiger partial charge in [0, 0.05) is 11.4 Å². The van der Waals surface area contributed by atoms with Crippen LogP contribution in [-0.2, 0) is 15.6 Å². The van der Waals surface area contributed by atoms with Crippen LogP contribution in [0.25, 0.3) is 0 Å². The number of rotatable bonds is 4. The average Bonchev–Trinajstić information content (AvgIpc) is 2.48. The molecule has 1 heterocycles.